The summed E-state index contributed by atoms with van der Waals surface area (Å²) in [4.78, 5) is 4.21. The largest absolute Gasteiger partial charge is 0.411 e. The number of aryl methyl sites for hydroxylation is 2. The first-order valence-electron chi connectivity index (χ1n) is 9.49. The van der Waals surface area contributed by atoms with Gasteiger partial charge in [-0.05, 0) is 17.5 Å². The van der Waals surface area contributed by atoms with E-state index in [1.807, 2.05) is 26.0 Å². The fraction of sp³-hybridized carbons (Fsp3) is 0.500. The highest BCUT2D eigenvalue weighted by Gasteiger charge is 2.27. The van der Waals surface area contributed by atoms with Gasteiger partial charge >= 0.3 is 6.18 Å². The van der Waals surface area contributed by atoms with E-state index in [1.54, 1.807) is 19.2 Å². The summed E-state index contributed by atoms with van der Waals surface area (Å²) < 4.78 is 46.4. The molecule has 1 aromatic carbocycles. The molecule has 0 unspecified atom stereocenters. The van der Waals surface area contributed by atoms with E-state index in [9.17, 15) is 13.2 Å². The quantitative estimate of drug-likeness (QED) is 0.281. The molecule has 1 aromatic heterocycles. The third-order valence-corrected chi connectivity index (χ3v) is 4.28. The molecule has 2 aromatic rings. The predicted octanol–water partition coefficient (Wildman–Crippen LogP) is 4.36. The number of benzene rings is 1. The van der Waals surface area contributed by atoms with E-state index in [-0.39, 0.29) is 30.6 Å². The predicted molar refractivity (Wildman–Crippen MR) is 120 cm³/mol. The van der Waals surface area contributed by atoms with Gasteiger partial charge in [0.2, 0.25) is 0 Å². The molecule has 0 atom stereocenters. The Hall–Kier alpha value is -1.82. The molecule has 0 saturated carbocycles. The molecule has 0 aliphatic heterocycles. The van der Waals surface area contributed by atoms with Crippen LogP contribution in [-0.4, -0.2) is 30.9 Å². The van der Waals surface area contributed by atoms with Crippen molar-refractivity contribution >= 4 is 29.9 Å². The van der Waals surface area contributed by atoms with E-state index >= 15 is 0 Å². The van der Waals surface area contributed by atoms with Crippen molar-refractivity contribution in [3.63, 3.8) is 0 Å². The van der Waals surface area contributed by atoms with Crippen LogP contribution in [-0.2, 0) is 37.3 Å². The third kappa shape index (κ3) is 8.50. The Balaban J connectivity index is 0.00000450. The van der Waals surface area contributed by atoms with Crippen LogP contribution in [0.3, 0.4) is 0 Å². The lowest BCUT2D eigenvalue weighted by Crippen LogP contribution is -2.36. The Morgan fingerprint density at radius 2 is 1.70 bits per heavy atom. The molecular weight excluding hydrogens is 512 g/mol. The Kier molecular flexibility index (Phi) is 11.2. The highest BCUT2D eigenvalue weighted by molar-refractivity contribution is 14.0. The summed E-state index contributed by atoms with van der Waals surface area (Å²) >= 11 is 0. The lowest BCUT2D eigenvalue weighted by molar-refractivity contribution is -0.176. The number of hydrogen-bond acceptors (Lipinski definition) is 4. The number of alkyl halides is 3. The molecule has 0 spiro atoms. The zero-order valence-corrected chi connectivity index (χ0v) is 19.6. The molecule has 0 aliphatic rings. The standard InChI is InChI=1S/C20H27F3N4O2.HI/c1-4-17-16(18(5-2)29-27-17)11-26-19(24-3)25-10-14-6-8-15(9-7-14)12-28-13-20(21,22)23;/h6-9H,4-5,10-13H2,1-3H3,(H2,24,25,26);1H. The lowest BCUT2D eigenvalue weighted by Gasteiger charge is -2.13. The average molecular weight is 540 g/mol. The van der Waals surface area contributed by atoms with Crippen LogP contribution in [0, 0.1) is 0 Å². The van der Waals surface area contributed by atoms with Crippen molar-refractivity contribution < 1.29 is 22.4 Å². The fourth-order valence-electron chi connectivity index (χ4n) is 2.75. The molecule has 0 radical (unpaired) electrons. The maximum Gasteiger partial charge on any atom is 0.411 e. The molecule has 10 heteroatoms. The summed E-state index contributed by atoms with van der Waals surface area (Å²) in [5, 5.41) is 10.6. The number of halogens is 4. The number of guanidine groups is 1. The molecule has 6 nitrogen and oxygen atoms in total. The molecule has 0 saturated heterocycles. The van der Waals surface area contributed by atoms with Gasteiger partial charge in [0.1, 0.15) is 12.4 Å². The molecule has 2 N–H and O–H groups in total. The van der Waals surface area contributed by atoms with Crippen molar-refractivity contribution in [3.8, 4) is 0 Å². The summed E-state index contributed by atoms with van der Waals surface area (Å²) in [6.45, 7) is 3.82. The molecule has 0 bridgehead atoms. The summed E-state index contributed by atoms with van der Waals surface area (Å²) in [7, 11) is 1.69. The minimum atomic E-state index is -4.31. The summed E-state index contributed by atoms with van der Waals surface area (Å²) in [5.74, 6) is 1.50. The number of ether oxygens (including phenoxy) is 1. The van der Waals surface area contributed by atoms with Crippen molar-refractivity contribution in [1.29, 1.82) is 0 Å². The first-order chi connectivity index (χ1) is 13.9. The van der Waals surface area contributed by atoms with Crippen molar-refractivity contribution in [2.24, 2.45) is 4.99 Å². The smallest absolute Gasteiger partial charge is 0.367 e. The van der Waals surface area contributed by atoms with Crippen LogP contribution in [0.15, 0.2) is 33.8 Å². The Morgan fingerprint density at radius 1 is 1.07 bits per heavy atom. The van der Waals surface area contributed by atoms with Crippen molar-refractivity contribution in [1.82, 2.24) is 15.8 Å². The number of rotatable bonds is 9. The van der Waals surface area contributed by atoms with E-state index in [2.05, 4.69) is 25.5 Å². The summed E-state index contributed by atoms with van der Waals surface area (Å²) in [5.41, 5.74) is 3.66. The summed E-state index contributed by atoms with van der Waals surface area (Å²) in [6.07, 6.45) is -2.74. The first-order valence-corrected chi connectivity index (χ1v) is 9.49. The topological polar surface area (TPSA) is 71.7 Å². The van der Waals surface area contributed by atoms with Gasteiger partial charge in [0.25, 0.3) is 0 Å². The fourth-order valence-corrected chi connectivity index (χ4v) is 2.75. The van der Waals surface area contributed by atoms with Crippen LogP contribution in [0.25, 0.3) is 0 Å². The van der Waals surface area contributed by atoms with Crippen molar-refractivity contribution in [2.75, 3.05) is 13.7 Å². The van der Waals surface area contributed by atoms with Crippen LogP contribution >= 0.6 is 24.0 Å². The monoisotopic (exact) mass is 540 g/mol. The van der Waals surface area contributed by atoms with Crippen LogP contribution in [0.4, 0.5) is 13.2 Å². The zero-order valence-electron chi connectivity index (χ0n) is 17.3. The van der Waals surface area contributed by atoms with Crippen LogP contribution in [0.2, 0.25) is 0 Å². The second kappa shape index (κ2) is 12.8. The molecule has 168 valence electrons. The van der Waals surface area contributed by atoms with E-state index < -0.39 is 12.8 Å². The maximum atomic E-state index is 12.1. The van der Waals surface area contributed by atoms with Gasteiger partial charge in [-0.2, -0.15) is 13.2 Å². The number of hydrogen-bond donors (Lipinski definition) is 2. The van der Waals surface area contributed by atoms with E-state index in [0.717, 1.165) is 35.4 Å². The average Bonchev–Trinajstić information content (AvgIpc) is 3.10. The Labute approximate surface area is 191 Å². The Morgan fingerprint density at radius 3 is 2.27 bits per heavy atom. The Bertz CT molecular complexity index is 771. The second-order valence-electron chi connectivity index (χ2n) is 6.44. The SMILES string of the molecule is CCc1noc(CC)c1CNC(=NC)NCc1ccc(COCC(F)(F)F)cc1.I. The van der Waals surface area contributed by atoms with Gasteiger partial charge < -0.3 is 19.9 Å². The lowest BCUT2D eigenvalue weighted by atomic mass is 10.1. The van der Waals surface area contributed by atoms with E-state index in [1.165, 1.54) is 0 Å². The third-order valence-electron chi connectivity index (χ3n) is 4.28. The minimum Gasteiger partial charge on any atom is -0.367 e. The number of nitrogens with zero attached hydrogens (tertiary/aromatic N) is 2. The second-order valence-corrected chi connectivity index (χ2v) is 6.44. The van der Waals surface area contributed by atoms with Crippen LogP contribution < -0.4 is 10.6 Å². The number of aliphatic imine (C=N–C) groups is 1. The number of aromatic nitrogens is 1. The van der Waals surface area contributed by atoms with Crippen LogP contribution in [0.1, 0.15) is 42.0 Å². The summed E-state index contributed by atoms with van der Waals surface area (Å²) in [6, 6.07) is 7.19. The molecule has 30 heavy (non-hydrogen) atoms. The van der Waals surface area contributed by atoms with E-state index in [4.69, 9.17) is 4.52 Å². The molecular formula is C20H28F3IN4O2. The van der Waals surface area contributed by atoms with Gasteiger partial charge in [0, 0.05) is 32.1 Å². The van der Waals surface area contributed by atoms with Gasteiger partial charge in [-0.1, -0.05) is 43.3 Å². The first kappa shape index (κ1) is 26.2. The molecule has 1 heterocycles. The molecule has 2 rings (SSSR count). The van der Waals surface area contributed by atoms with Gasteiger partial charge in [0.15, 0.2) is 5.96 Å². The van der Waals surface area contributed by atoms with Gasteiger partial charge in [0.05, 0.1) is 12.3 Å². The normalized spacial score (nSPS) is 11.9. The maximum absolute atomic E-state index is 12.1. The highest BCUT2D eigenvalue weighted by atomic mass is 127. The van der Waals surface area contributed by atoms with E-state index in [0.29, 0.717) is 24.6 Å². The minimum absolute atomic E-state index is 0. The van der Waals surface area contributed by atoms with Gasteiger partial charge in [-0.3, -0.25) is 4.99 Å². The highest BCUT2D eigenvalue weighted by Crippen LogP contribution is 2.16. The van der Waals surface area contributed by atoms with Crippen molar-refractivity contribution in [3.05, 3.63) is 52.4 Å². The number of nitrogens with one attached hydrogen (secondary N) is 2. The molecule has 0 aliphatic carbocycles. The van der Waals surface area contributed by atoms with Gasteiger partial charge in [-0.15, -0.1) is 24.0 Å². The zero-order chi connectivity index (χ0) is 21.3. The van der Waals surface area contributed by atoms with Crippen LogP contribution in [0.5, 0.6) is 0 Å². The molecule has 0 amide bonds. The molecule has 0 fully saturated rings. The van der Waals surface area contributed by atoms with Crippen molar-refractivity contribution in [2.45, 2.75) is 52.6 Å². The van der Waals surface area contributed by atoms with Gasteiger partial charge in [-0.25, -0.2) is 0 Å².